The van der Waals surface area contributed by atoms with Gasteiger partial charge in [0.25, 0.3) is 5.91 Å². The van der Waals surface area contributed by atoms with E-state index >= 15 is 0 Å². The molecule has 7 nitrogen and oxygen atoms in total. The van der Waals surface area contributed by atoms with Crippen LogP contribution in [0.3, 0.4) is 0 Å². The lowest BCUT2D eigenvalue weighted by Crippen LogP contribution is -2.30. The third-order valence-electron chi connectivity index (χ3n) is 4.34. The third-order valence-corrected chi connectivity index (χ3v) is 6.28. The van der Waals surface area contributed by atoms with E-state index in [-0.39, 0.29) is 22.6 Å². The lowest BCUT2D eigenvalue weighted by atomic mass is 10.1. The van der Waals surface area contributed by atoms with E-state index in [2.05, 4.69) is 10.6 Å². The van der Waals surface area contributed by atoms with Crippen molar-refractivity contribution in [1.82, 2.24) is 4.90 Å². The smallest absolute Gasteiger partial charge is 0.341 e. The van der Waals surface area contributed by atoms with Crippen molar-refractivity contribution < 1.29 is 19.1 Å². The molecule has 3 amide bonds. The molecule has 168 valence electrons. The molecule has 0 fully saturated rings. The number of rotatable bonds is 7. The molecule has 0 bridgehead atoms. The lowest BCUT2D eigenvalue weighted by molar-refractivity contribution is 0.0379. The fourth-order valence-electron chi connectivity index (χ4n) is 2.82. The fourth-order valence-corrected chi connectivity index (χ4v) is 4.27. The average molecular weight is 486 g/mol. The Morgan fingerprint density at radius 2 is 1.74 bits per heavy atom. The van der Waals surface area contributed by atoms with Crippen LogP contribution in [0.1, 0.15) is 53.3 Å². The summed E-state index contributed by atoms with van der Waals surface area (Å²) in [6, 6.07) is 4.06. The van der Waals surface area contributed by atoms with Crippen molar-refractivity contribution in [1.29, 1.82) is 0 Å². The molecule has 0 radical (unpaired) electrons. The molecule has 2 aromatic rings. The number of ether oxygens (including phenoxy) is 1. The highest BCUT2D eigenvalue weighted by molar-refractivity contribution is 7.18. The van der Waals surface area contributed by atoms with Crippen LogP contribution in [0.2, 0.25) is 10.0 Å². The van der Waals surface area contributed by atoms with Crippen LogP contribution in [-0.4, -0.2) is 42.0 Å². The Morgan fingerprint density at radius 3 is 2.29 bits per heavy atom. The first-order valence-electron chi connectivity index (χ1n) is 9.75. The highest BCUT2D eigenvalue weighted by Crippen LogP contribution is 2.35. The quantitative estimate of drug-likeness (QED) is 0.466. The number of carbonyl (C=O) groups excluding carboxylic acids is 3. The van der Waals surface area contributed by atoms with E-state index in [1.54, 1.807) is 37.8 Å². The number of hydrogen-bond acceptors (Lipinski definition) is 5. The zero-order chi connectivity index (χ0) is 23.3. The van der Waals surface area contributed by atoms with E-state index in [9.17, 15) is 14.4 Å². The van der Waals surface area contributed by atoms with E-state index in [4.69, 9.17) is 27.9 Å². The summed E-state index contributed by atoms with van der Waals surface area (Å²) in [5, 5.41) is 6.18. The minimum absolute atomic E-state index is 0.165. The maximum absolute atomic E-state index is 12.9. The van der Waals surface area contributed by atoms with Crippen LogP contribution in [0.15, 0.2) is 18.2 Å². The molecule has 1 heterocycles. The molecule has 2 N–H and O–H groups in total. The van der Waals surface area contributed by atoms with Gasteiger partial charge in [0.2, 0.25) is 0 Å². The Labute approximate surface area is 195 Å². The molecule has 1 aromatic carbocycles. The second-order valence-corrected chi connectivity index (χ2v) is 8.73. The summed E-state index contributed by atoms with van der Waals surface area (Å²) in [5.41, 5.74) is 1.06. The number of urea groups is 1. The monoisotopic (exact) mass is 485 g/mol. The first-order valence-corrected chi connectivity index (χ1v) is 11.3. The van der Waals surface area contributed by atoms with Gasteiger partial charge in [-0.1, -0.05) is 23.2 Å². The Balaban J connectivity index is 2.37. The number of halogens is 2. The van der Waals surface area contributed by atoms with Gasteiger partial charge in [0, 0.05) is 18.8 Å². The number of benzene rings is 1. The molecule has 0 aliphatic rings. The molecule has 0 saturated heterocycles. The van der Waals surface area contributed by atoms with Gasteiger partial charge in [0.05, 0.1) is 26.6 Å². The van der Waals surface area contributed by atoms with Crippen LogP contribution in [0.5, 0.6) is 0 Å². The van der Waals surface area contributed by atoms with E-state index in [0.29, 0.717) is 39.3 Å². The van der Waals surface area contributed by atoms with Crippen molar-refractivity contribution in [2.45, 2.75) is 40.7 Å². The number of carbonyl (C=O) groups is 3. The molecule has 0 spiro atoms. The van der Waals surface area contributed by atoms with E-state index in [0.717, 1.165) is 11.3 Å². The first-order chi connectivity index (χ1) is 14.6. The normalized spacial score (nSPS) is 10.7. The van der Waals surface area contributed by atoms with Gasteiger partial charge >= 0.3 is 12.0 Å². The van der Waals surface area contributed by atoms with Crippen molar-refractivity contribution in [3.8, 4) is 0 Å². The van der Waals surface area contributed by atoms with Crippen LogP contribution >= 0.6 is 34.5 Å². The Morgan fingerprint density at radius 1 is 1.10 bits per heavy atom. The van der Waals surface area contributed by atoms with E-state index in [1.807, 2.05) is 13.8 Å². The summed E-state index contributed by atoms with van der Waals surface area (Å²) in [4.78, 5) is 40.2. The molecular formula is C21H25Cl2N3O4S. The van der Waals surface area contributed by atoms with Crippen LogP contribution in [0, 0.1) is 6.92 Å². The number of esters is 1. The number of thiophene rings is 1. The SMILES string of the molecule is CCN(CC)C(=O)c1sc(NC(=O)Nc2ccc(Cl)c(Cl)c2)c(C(=O)OC(C)C)c1C. The largest absolute Gasteiger partial charge is 0.459 e. The summed E-state index contributed by atoms with van der Waals surface area (Å²) in [7, 11) is 0. The lowest BCUT2D eigenvalue weighted by Gasteiger charge is -2.18. The predicted molar refractivity (Wildman–Crippen MR) is 126 cm³/mol. The molecule has 1 aromatic heterocycles. The van der Waals surface area contributed by atoms with E-state index in [1.165, 1.54) is 6.07 Å². The van der Waals surface area contributed by atoms with Gasteiger partial charge in [-0.25, -0.2) is 9.59 Å². The molecular weight excluding hydrogens is 461 g/mol. The van der Waals surface area contributed by atoms with Crippen molar-refractivity contribution in [2.24, 2.45) is 0 Å². The molecule has 0 aliphatic carbocycles. The summed E-state index contributed by atoms with van der Waals surface area (Å²) in [5.74, 6) is -0.809. The van der Waals surface area contributed by atoms with Crippen LogP contribution in [0.4, 0.5) is 15.5 Å². The molecule has 0 saturated carbocycles. The minimum Gasteiger partial charge on any atom is -0.459 e. The van der Waals surface area contributed by atoms with Gasteiger partial charge in [0.15, 0.2) is 0 Å². The Bertz CT molecular complexity index is 987. The van der Waals surface area contributed by atoms with Gasteiger partial charge in [-0.15, -0.1) is 11.3 Å². The fraction of sp³-hybridized carbons (Fsp3) is 0.381. The number of nitrogens with one attached hydrogen (secondary N) is 2. The molecule has 0 aliphatic heterocycles. The molecule has 0 atom stereocenters. The highest BCUT2D eigenvalue weighted by Gasteiger charge is 2.28. The maximum Gasteiger partial charge on any atom is 0.341 e. The van der Waals surface area contributed by atoms with Gasteiger partial charge in [0.1, 0.15) is 5.00 Å². The van der Waals surface area contributed by atoms with Crippen LogP contribution in [0.25, 0.3) is 0 Å². The molecule has 10 heteroatoms. The predicted octanol–water partition coefficient (Wildman–Crippen LogP) is 6.05. The molecule has 0 unspecified atom stereocenters. The number of anilines is 2. The van der Waals surface area contributed by atoms with Gasteiger partial charge < -0.3 is 15.0 Å². The standard InChI is InChI=1S/C21H25Cl2N3O4S/c1-6-26(7-2)19(27)17-12(5)16(20(28)30-11(3)4)18(31-17)25-21(29)24-13-8-9-14(22)15(23)10-13/h8-11H,6-7H2,1-5H3,(H2,24,25,29). The van der Waals surface area contributed by atoms with Crippen molar-refractivity contribution in [3.05, 3.63) is 44.2 Å². The van der Waals surface area contributed by atoms with E-state index < -0.39 is 12.0 Å². The van der Waals surface area contributed by atoms with Gasteiger partial charge in [-0.3, -0.25) is 10.1 Å². The summed E-state index contributed by atoms with van der Waals surface area (Å²) >= 11 is 12.9. The zero-order valence-corrected chi connectivity index (χ0v) is 20.3. The van der Waals surface area contributed by atoms with Crippen molar-refractivity contribution in [3.63, 3.8) is 0 Å². The van der Waals surface area contributed by atoms with Gasteiger partial charge in [-0.2, -0.15) is 0 Å². The average Bonchev–Trinajstić information content (AvgIpc) is 3.00. The first kappa shape index (κ1) is 25.0. The number of hydrogen-bond donors (Lipinski definition) is 2. The maximum atomic E-state index is 12.9. The number of amides is 3. The second-order valence-electron chi connectivity index (χ2n) is 6.90. The highest BCUT2D eigenvalue weighted by atomic mass is 35.5. The molecule has 31 heavy (non-hydrogen) atoms. The summed E-state index contributed by atoms with van der Waals surface area (Å²) in [6.45, 7) is 9.94. The zero-order valence-electron chi connectivity index (χ0n) is 18.0. The van der Waals surface area contributed by atoms with Crippen molar-refractivity contribution >= 4 is 63.1 Å². The van der Waals surface area contributed by atoms with Gasteiger partial charge in [-0.05, 0) is 58.4 Å². The molecule has 2 rings (SSSR count). The third kappa shape index (κ3) is 6.12. The Kier molecular flexibility index (Phi) is 8.73. The van der Waals surface area contributed by atoms with Crippen molar-refractivity contribution in [2.75, 3.05) is 23.7 Å². The second kappa shape index (κ2) is 10.8. The Hall–Kier alpha value is -2.29. The minimum atomic E-state index is -0.604. The summed E-state index contributed by atoms with van der Waals surface area (Å²) < 4.78 is 5.33. The topological polar surface area (TPSA) is 87.7 Å². The van der Waals surface area contributed by atoms with Crippen LogP contribution in [-0.2, 0) is 4.74 Å². The van der Waals surface area contributed by atoms with Crippen LogP contribution < -0.4 is 10.6 Å². The summed E-state index contributed by atoms with van der Waals surface area (Å²) in [6.07, 6.45) is -0.355. The number of nitrogens with zero attached hydrogens (tertiary/aromatic N) is 1.